The molecule has 7 heavy (non-hydrogen) atoms. The maximum atomic E-state index is 0. The summed E-state index contributed by atoms with van der Waals surface area (Å²) in [5.41, 5.74) is 0. The van der Waals surface area contributed by atoms with Crippen LogP contribution in [0.15, 0.2) is 0 Å². The summed E-state index contributed by atoms with van der Waals surface area (Å²) >= 11 is 0. The standard InChI is InChI=1S/H3N.3H2O.2O.Ta/h1H3;3*1H2;;;/q;;;;2*-2;+5/p-1. The molecule has 0 aliphatic heterocycles. The van der Waals surface area contributed by atoms with Gasteiger partial charge in [0.25, 0.3) is 0 Å². The summed E-state index contributed by atoms with van der Waals surface area (Å²) in [4.78, 5) is 0. The molecule has 48 valence electrons. The minimum Gasteiger partial charge on any atom is -2.00 e. The average Bonchev–Trinajstić information content (AvgIpc) is 0. The smallest absolute Gasteiger partial charge is 2.00 e. The van der Waals surface area contributed by atoms with Crippen molar-refractivity contribution in [1.82, 2.24) is 6.15 Å². The van der Waals surface area contributed by atoms with Gasteiger partial charge in [-0.2, -0.15) is 0 Å². The molecule has 0 aliphatic carbocycles. The monoisotopic (exact) mass is 283 g/mol. The largest absolute Gasteiger partial charge is 5.00 e. The summed E-state index contributed by atoms with van der Waals surface area (Å²) in [6, 6.07) is 0. The van der Waals surface area contributed by atoms with Crippen molar-refractivity contribution >= 4 is 0 Å². The third kappa shape index (κ3) is 526. The van der Waals surface area contributed by atoms with Crippen molar-refractivity contribution in [3.8, 4) is 0 Å². The van der Waals surface area contributed by atoms with E-state index in [-0.39, 0.29) is 55.9 Å². The third-order valence-electron chi connectivity index (χ3n) is 0. The van der Waals surface area contributed by atoms with Crippen LogP contribution in [0.4, 0.5) is 0 Å². The molecule has 0 aromatic heterocycles. The molecule has 6 nitrogen and oxygen atoms in total. The fourth-order valence-corrected chi connectivity index (χ4v) is 0. The average molecular weight is 283 g/mol. The molecular formula is H8NO5Ta. The van der Waals surface area contributed by atoms with E-state index < -0.39 is 0 Å². The Labute approximate surface area is 56.5 Å². The van der Waals surface area contributed by atoms with Gasteiger partial charge < -0.3 is 33.5 Å². The molecule has 0 aliphatic rings. The van der Waals surface area contributed by atoms with Crippen molar-refractivity contribution in [2.45, 2.75) is 0 Å². The minimum atomic E-state index is 0. The van der Waals surface area contributed by atoms with E-state index in [1.165, 1.54) is 0 Å². The topological polar surface area (TPSA) is 185 Å². The summed E-state index contributed by atoms with van der Waals surface area (Å²) in [5, 5.41) is 0. The van der Waals surface area contributed by atoms with Gasteiger partial charge in [-0.3, -0.25) is 0 Å². The van der Waals surface area contributed by atoms with Crippen LogP contribution >= 0.6 is 0 Å². The predicted molar refractivity (Wildman–Crippen MR) is 15.6 cm³/mol. The molecule has 0 aromatic carbocycles. The van der Waals surface area contributed by atoms with Gasteiger partial charge in [-0.25, -0.2) is 0 Å². The maximum absolute atomic E-state index is 0. The van der Waals surface area contributed by atoms with Gasteiger partial charge >= 0.3 is 22.4 Å². The Morgan fingerprint density at radius 1 is 0.714 bits per heavy atom. The van der Waals surface area contributed by atoms with Gasteiger partial charge in [0.15, 0.2) is 0 Å². The normalized spacial score (nSPS) is 0. The van der Waals surface area contributed by atoms with E-state index in [0.717, 1.165) is 0 Å². The van der Waals surface area contributed by atoms with Gasteiger partial charge in [-0.05, 0) is 0 Å². The van der Waals surface area contributed by atoms with E-state index in [1.807, 2.05) is 0 Å². The molecule has 0 saturated heterocycles. The van der Waals surface area contributed by atoms with Gasteiger partial charge in [0.2, 0.25) is 0 Å². The summed E-state index contributed by atoms with van der Waals surface area (Å²) in [6.07, 6.45) is 0. The van der Waals surface area contributed by atoms with Gasteiger partial charge in [-0.15, -0.1) is 0 Å². The van der Waals surface area contributed by atoms with Gasteiger partial charge in [0.1, 0.15) is 0 Å². The van der Waals surface area contributed by atoms with Crippen LogP contribution in [0.3, 0.4) is 0 Å². The predicted octanol–water partition coefficient (Wildman–Crippen LogP) is -1.90. The minimum absolute atomic E-state index is 0. The van der Waals surface area contributed by atoms with Crippen molar-refractivity contribution in [3.05, 3.63) is 0 Å². The molecule has 0 amide bonds. The molecule has 0 atom stereocenters. The Balaban J connectivity index is 0. The molecule has 0 rings (SSSR count). The Hall–Kier alpha value is 0.500. The summed E-state index contributed by atoms with van der Waals surface area (Å²) < 4.78 is 0. The van der Waals surface area contributed by atoms with Crippen molar-refractivity contribution < 1.29 is 49.8 Å². The van der Waals surface area contributed by atoms with Crippen LogP contribution in [0.5, 0.6) is 0 Å². The molecule has 0 bridgehead atoms. The second-order valence-electron chi connectivity index (χ2n) is 0. The maximum Gasteiger partial charge on any atom is 5.00 e. The Kier molecular flexibility index (Phi) is 142000. The van der Waals surface area contributed by atoms with Crippen LogP contribution < -0.4 is 6.15 Å². The summed E-state index contributed by atoms with van der Waals surface area (Å²) in [7, 11) is 0. The van der Waals surface area contributed by atoms with Crippen LogP contribution in [0, 0.1) is 0 Å². The Morgan fingerprint density at radius 2 is 0.714 bits per heavy atom. The van der Waals surface area contributed by atoms with Crippen LogP contribution in [0.2, 0.25) is 0 Å². The van der Waals surface area contributed by atoms with Crippen LogP contribution in [0.25, 0.3) is 0 Å². The first-order chi connectivity index (χ1) is 0. The fraction of sp³-hybridized carbons (Fsp3) is 0. The fourth-order valence-electron chi connectivity index (χ4n) is 0. The van der Waals surface area contributed by atoms with Crippen molar-refractivity contribution in [1.29, 1.82) is 0 Å². The molecule has 0 aromatic rings. The zero-order chi connectivity index (χ0) is 0. The molecule has 0 radical (unpaired) electrons. The molecule has 0 unspecified atom stereocenters. The van der Waals surface area contributed by atoms with E-state index in [1.54, 1.807) is 0 Å². The number of rotatable bonds is 0. The zero-order valence-corrected chi connectivity index (χ0v) is 6.63. The SMILES string of the molecule is N.O.O.[O-2].[O-2].[OH-].[Ta+5]. The Morgan fingerprint density at radius 3 is 0.714 bits per heavy atom. The summed E-state index contributed by atoms with van der Waals surface area (Å²) in [5.74, 6) is 0. The molecule has 0 saturated carbocycles. The number of hydrogen-bond acceptors (Lipinski definition) is 2. The van der Waals surface area contributed by atoms with Gasteiger partial charge in [0.05, 0.1) is 0 Å². The van der Waals surface area contributed by atoms with E-state index in [0.29, 0.717) is 0 Å². The second-order valence-corrected chi connectivity index (χ2v) is 0. The van der Waals surface area contributed by atoms with E-state index >= 15 is 0 Å². The van der Waals surface area contributed by atoms with Crippen LogP contribution in [0.1, 0.15) is 0 Å². The second kappa shape index (κ2) is 786. The molecule has 0 fully saturated rings. The molecule has 8 N–H and O–H groups in total. The van der Waals surface area contributed by atoms with Gasteiger partial charge in [-0.1, -0.05) is 0 Å². The van der Waals surface area contributed by atoms with Crippen molar-refractivity contribution in [3.63, 3.8) is 0 Å². The van der Waals surface area contributed by atoms with Crippen LogP contribution in [-0.4, -0.2) is 16.4 Å². The first-order valence-electron chi connectivity index (χ1n) is 0. The summed E-state index contributed by atoms with van der Waals surface area (Å²) in [6.45, 7) is 0. The number of hydrogen-bond donors (Lipinski definition) is 1. The Bertz CT molecular complexity index is 8.04. The molecular weight excluding hydrogens is 275 g/mol. The molecule has 0 spiro atoms. The zero-order valence-electron chi connectivity index (χ0n) is 3.42. The molecule has 0 heterocycles. The third-order valence-corrected chi connectivity index (χ3v) is 0. The van der Waals surface area contributed by atoms with Gasteiger partial charge in [0, 0.05) is 0 Å². The van der Waals surface area contributed by atoms with E-state index in [9.17, 15) is 0 Å². The van der Waals surface area contributed by atoms with Crippen molar-refractivity contribution in [2.24, 2.45) is 0 Å². The first-order valence-corrected chi connectivity index (χ1v) is 0. The van der Waals surface area contributed by atoms with Crippen molar-refractivity contribution in [2.75, 3.05) is 0 Å². The van der Waals surface area contributed by atoms with E-state index in [4.69, 9.17) is 0 Å². The van der Waals surface area contributed by atoms with Crippen LogP contribution in [-0.2, 0) is 33.3 Å². The quantitative estimate of drug-likeness (QED) is 0.544. The first kappa shape index (κ1) is 1270. The molecule has 7 heteroatoms. The van der Waals surface area contributed by atoms with E-state index in [2.05, 4.69) is 0 Å².